The van der Waals surface area contributed by atoms with Gasteiger partial charge in [-0.3, -0.25) is 19.4 Å². The number of aliphatic hydroxyl groups excluding tert-OH is 1. The van der Waals surface area contributed by atoms with E-state index in [1.54, 1.807) is 23.1 Å². The van der Waals surface area contributed by atoms with Crippen LogP contribution in [0, 0.1) is 0 Å². The lowest BCUT2D eigenvalue weighted by Crippen LogP contribution is -2.38. The number of carbonyl (C=O) groups is 1. The van der Waals surface area contributed by atoms with Crippen LogP contribution in [-0.2, 0) is 7.05 Å². The Morgan fingerprint density at radius 1 is 1.19 bits per heavy atom. The van der Waals surface area contributed by atoms with Gasteiger partial charge in [0.05, 0.1) is 11.6 Å². The maximum Gasteiger partial charge on any atom is 0.270 e. The third-order valence-electron chi connectivity index (χ3n) is 4.91. The second-order valence-electron chi connectivity index (χ2n) is 6.75. The number of aryl methyl sites for hydroxylation is 1. The summed E-state index contributed by atoms with van der Waals surface area (Å²) in [6, 6.07) is 7.52. The number of carbonyl (C=O) groups excluding carboxylic acids is 1. The summed E-state index contributed by atoms with van der Waals surface area (Å²) in [6.45, 7) is 0. The highest BCUT2D eigenvalue weighted by Crippen LogP contribution is 2.25. The molecule has 7 heteroatoms. The van der Waals surface area contributed by atoms with Crippen molar-refractivity contribution in [1.82, 2.24) is 25.1 Å². The minimum absolute atomic E-state index is 0.108. The molecule has 134 valence electrons. The first-order chi connectivity index (χ1) is 12.6. The fourth-order valence-electron chi connectivity index (χ4n) is 3.43. The van der Waals surface area contributed by atoms with Crippen molar-refractivity contribution in [3.8, 4) is 11.3 Å². The molecule has 0 aliphatic heterocycles. The Labute approximate surface area is 151 Å². The molecule has 26 heavy (non-hydrogen) atoms. The molecule has 1 amide bonds. The Morgan fingerprint density at radius 2 is 2.00 bits per heavy atom. The molecular formula is C19H21N5O2. The van der Waals surface area contributed by atoms with E-state index in [4.69, 9.17) is 0 Å². The highest BCUT2D eigenvalue weighted by molar-refractivity contribution is 5.94. The molecule has 2 N–H and O–H groups in total. The van der Waals surface area contributed by atoms with E-state index in [9.17, 15) is 9.90 Å². The van der Waals surface area contributed by atoms with Gasteiger partial charge in [-0.25, -0.2) is 0 Å². The Bertz CT molecular complexity index is 927. The van der Waals surface area contributed by atoms with Gasteiger partial charge in [-0.15, -0.1) is 0 Å². The van der Waals surface area contributed by atoms with Gasteiger partial charge in [-0.2, -0.15) is 5.10 Å². The smallest absolute Gasteiger partial charge is 0.270 e. The van der Waals surface area contributed by atoms with Crippen LogP contribution in [0.3, 0.4) is 0 Å². The average molecular weight is 351 g/mol. The summed E-state index contributed by atoms with van der Waals surface area (Å²) in [5.41, 5.74) is 3.72. The van der Waals surface area contributed by atoms with E-state index in [2.05, 4.69) is 20.4 Å². The van der Waals surface area contributed by atoms with E-state index in [1.165, 1.54) is 0 Å². The highest BCUT2D eigenvalue weighted by Gasteiger charge is 2.22. The van der Waals surface area contributed by atoms with Crippen LogP contribution in [0.15, 0.2) is 36.7 Å². The monoisotopic (exact) mass is 351 g/mol. The minimum Gasteiger partial charge on any atom is -0.393 e. The van der Waals surface area contributed by atoms with Crippen LogP contribution in [0.2, 0.25) is 0 Å². The maximum absolute atomic E-state index is 12.4. The molecule has 0 unspecified atom stereocenters. The van der Waals surface area contributed by atoms with Crippen LogP contribution in [-0.4, -0.2) is 42.9 Å². The number of rotatable bonds is 3. The van der Waals surface area contributed by atoms with Gasteiger partial charge >= 0.3 is 0 Å². The Kier molecular flexibility index (Phi) is 4.38. The number of hydrogen-bond donors (Lipinski definition) is 2. The summed E-state index contributed by atoms with van der Waals surface area (Å²) in [7, 11) is 1.88. The van der Waals surface area contributed by atoms with E-state index >= 15 is 0 Å². The molecule has 1 aliphatic rings. The van der Waals surface area contributed by atoms with Gasteiger partial charge in [-0.05, 0) is 49.9 Å². The highest BCUT2D eigenvalue weighted by atomic mass is 16.3. The fourth-order valence-corrected chi connectivity index (χ4v) is 3.43. The molecular weight excluding hydrogens is 330 g/mol. The Hall–Kier alpha value is -2.80. The van der Waals surface area contributed by atoms with Gasteiger partial charge in [0, 0.05) is 31.0 Å². The Morgan fingerprint density at radius 3 is 2.73 bits per heavy atom. The van der Waals surface area contributed by atoms with Gasteiger partial charge in [0.2, 0.25) is 0 Å². The molecule has 4 rings (SSSR count). The predicted octanol–water partition coefficient (Wildman–Crippen LogP) is 2.06. The van der Waals surface area contributed by atoms with E-state index in [0.29, 0.717) is 5.69 Å². The SMILES string of the molecule is Cn1nc(-c2ccc(C(=O)NC3CCC(O)CC3)nc2)c2ncccc21. The lowest BCUT2D eigenvalue weighted by atomic mass is 9.93. The van der Waals surface area contributed by atoms with Gasteiger partial charge < -0.3 is 10.4 Å². The summed E-state index contributed by atoms with van der Waals surface area (Å²) in [5.74, 6) is -0.179. The van der Waals surface area contributed by atoms with Crippen molar-refractivity contribution in [2.24, 2.45) is 7.05 Å². The molecule has 0 spiro atoms. The minimum atomic E-state index is -0.234. The molecule has 3 aromatic heterocycles. The summed E-state index contributed by atoms with van der Waals surface area (Å²) < 4.78 is 1.79. The van der Waals surface area contributed by atoms with E-state index in [0.717, 1.165) is 48.0 Å². The van der Waals surface area contributed by atoms with E-state index in [1.807, 2.05) is 25.2 Å². The number of nitrogens with zero attached hydrogens (tertiary/aromatic N) is 4. The van der Waals surface area contributed by atoms with Crippen molar-refractivity contribution in [1.29, 1.82) is 0 Å². The fraction of sp³-hybridized carbons (Fsp3) is 0.368. The largest absolute Gasteiger partial charge is 0.393 e. The number of nitrogens with one attached hydrogen (secondary N) is 1. The number of aliphatic hydroxyl groups is 1. The van der Waals surface area contributed by atoms with Crippen LogP contribution < -0.4 is 5.32 Å². The van der Waals surface area contributed by atoms with Crippen molar-refractivity contribution in [2.45, 2.75) is 37.8 Å². The van der Waals surface area contributed by atoms with Gasteiger partial charge in [0.25, 0.3) is 5.91 Å². The quantitative estimate of drug-likeness (QED) is 0.753. The van der Waals surface area contributed by atoms with Gasteiger partial charge in [0.15, 0.2) is 0 Å². The summed E-state index contributed by atoms with van der Waals surface area (Å²) in [6.07, 6.45) is 6.24. The third kappa shape index (κ3) is 3.17. The zero-order chi connectivity index (χ0) is 18.1. The molecule has 3 heterocycles. The molecule has 0 bridgehead atoms. The molecule has 3 aromatic rings. The first-order valence-electron chi connectivity index (χ1n) is 8.85. The Balaban J connectivity index is 1.52. The number of pyridine rings is 2. The third-order valence-corrected chi connectivity index (χ3v) is 4.91. The normalized spacial score (nSPS) is 20.2. The molecule has 0 atom stereocenters. The first kappa shape index (κ1) is 16.7. The van der Waals surface area contributed by atoms with Gasteiger partial charge in [0.1, 0.15) is 16.9 Å². The van der Waals surface area contributed by atoms with Crippen molar-refractivity contribution >= 4 is 16.9 Å². The maximum atomic E-state index is 12.4. The predicted molar refractivity (Wildman–Crippen MR) is 97.5 cm³/mol. The molecule has 1 aliphatic carbocycles. The number of amides is 1. The van der Waals surface area contributed by atoms with Crippen LogP contribution in [0.1, 0.15) is 36.2 Å². The standard InChI is InChI=1S/C19H21N5O2/c1-24-16-3-2-10-20-18(16)17(23-24)12-4-9-15(21-11-12)19(26)22-13-5-7-14(25)8-6-13/h2-4,9-11,13-14,25H,5-8H2,1H3,(H,22,26). The number of fused-ring (bicyclic) bond motifs is 1. The lowest BCUT2D eigenvalue weighted by Gasteiger charge is -2.26. The lowest BCUT2D eigenvalue weighted by molar-refractivity contribution is 0.0863. The molecule has 7 nitrogen and oxygen atoms in total. The average Bonchev–Trinajstić information content (AvgIpc) is 3.01. The van der Waals surface area contributed by atoms with Crippen LogP contribution in [0.5, 0.6) is 0 Å². The summed E-state index contributed by atoms with van der Waals surface area (Å²) in [5, 5.41) is 17.1. The van der Waals surface area contributed by atoms with Crippen LogP contribution >= 0.6 is 0 Å². The van der Waals surface area contributed by atoms with E-state index < -0.39 is 0 Å². The van der Waals surface area contributed by atoms with E-state index in [-0.39, 0.29) is 18.1 Å². The van der Waals surface area contributed by atoms with Crippen molar-refractivity contribution in [3.05, 3.63) is 42.4 Å². The molecule has 1 saturated carbocycles. The summed E-state index contributed by atoms with van der Waals surface area (Å²) >= 11 is 0. The van der Waals surface area contributed by atoms with Crippen LogP contribution in [0.4, 0.5) is 0 Å². The zero-order valence-electron chi connectivity index (χ0n) is 14.6. The molecule has 0 saturated heterocycles. The first-order valence-corrected chi connectivity index (χ1v) is 8.85. The van der Waals surface area contributed by atoms with Gasteiger partial charge in [-0.1, -0.05) is 0 Å². The topological polar surface area (TPSA) is 92.9 Å². The van der Waals surface area contributed by atoms with Crippen molar-refractivity contribution < 1.29 is 9.90 Å². The second-order valence-corrected chi connectivity index (χ2v) is 6.75. The number of aromatic nitrogens is 4. The molecule has 1 fully saturated rings. The second kappa shape index (κ2) is 6.84. The summed E-state index contributed by atoms with van der Waals surface area (Å²) in [4.78, 5) is 21.1. The number of hydrogen-bond acceptors (Lipinski definition) is 5. The van der Waals surface area contributed by atoms with Crippen molar-refractivity contribution in [2.75, 3.05) is 0 Å². The zero-order valence-corrected chi connectivity index (χ0v) is 14.6. The van der Waals surface area contributed by atoms with Crippen LogP contribution in [0.25, 0.3) is 22.3 Å². The molecule has 0 aromatic carbocycles. The molecule has 0 radical (unpaired) electrons. The van der Waals surface area contributed by atoms with Crippen molar-refractivity contribution in [3.63, 3.8) is 0 Å².